The van der Waals surface area contributed by atoms with E-state index in [-0.39, 0.29) is 11.5 Å². The maximum absolute atomic E-state index is 12.3. The maximum atomic E-state index is 12.3. The van der Waals surface area contributed by atoms with Crippen LogP contribution < -0.4 is 15.4 Å². The third-order valence-corrected chi connectivity index (χ3v) is 4.86. The molecule has 0 saturated carbocycles. The molecule has 0 atom stereocenters. The van der Waals surface area contributed by atoms with E-state index >= 15 is 0 Å². The number of amides is 1. The zero-order valence-corrected chi connectivity index (χ0v) is 15.5. The number of carboxylic acid groups (broad SMARTS) is 1. The average molecular weight is 384 g/mol. The lowest BCUT2D eigenvalue weighted by Crippen LogP contribution is -2.22. The molecule has 1 aliphatic rings. The molecule has 0 aliphatic carbocycles. The summed E-state index contributed by atoms with van der Waals surface area (Å²) in [5.41, 5.74) is 7.47. The van der Waals surface area contributed by atoms with Crippen molar-refractivity contribution in [1.82, 2.24) is 5.43 Å². The molecule has 6 nitrogen and oxygen atoms in total. The highest BCUT2D eigenvalue weighted by molar-refractivity contribution is 5.95. The second kappa shape index (κ2) is 7.98. The SMILES string of the molecule is O=C([O-])c1ccc(/C=N/NC(=O)c2ccc(N3Cc4ccccc4C3)cc2)cc1. The van der Waals surface area contributed by atoms with E-state index in [9.17, 15) is 14.7 Å². The van der Waals surface area contributed by atoms with Crippen LogP contribution in [0.3, 0.4) is 0 Å². The van der Waals surface area contributed by atoms with Gasteiger partial charge in [-0.15, -0.1) is 0 Å². The molecule has 0 fully saturated rings. The monoisotopic (exact) mass is 384 g/mol. The number of rotatable bonds is 5. The van der Waals surface area contributed by atoms with Crippen LogP contribution in [0.2, 0.25) is 0 Å². The Labute approximate surface area is 168 Å². The minimum Gasteiger partial charge on any atom is -0.545 e. The number of aromatic carboxylic acids is 1. The molecule has 1 heterocycles. The molecule has 0 spiro atoms. The van der Waals surface area contributed by atoms with Crippen LogP contribution in [0.1, 0.15) is 37.4 Å². The Kier molecular flexibility index (Phi) is 5.07. The Hall–Kier alpha value is -3.93. The van der Waals surface area contributed by atoms with Crippen LogP contribution in [0.15, 0.2) is 77.9 Å². The highest BCUT2D eigenvalue weighted by atomic mass is 16.4. The smallest absolute Gasteiger partial charge is 0.271 e. The first-order valence-corrected chi connectivity index (χ1v) is 9.17. The second-order valence-corrected chi connectivity index (χ2v) is 6.78. The molecule has 0 unspecified atom stereocenters. The summed E-state index contributed by atoms with van der Waals surface area (Å²) in [6.45, 7) is 1.73. The number of nitrogens with zero attached hydrogens (tertiary/aromatic N) is 2. The Morgan fingerprint density at radius 1 is 0.862 bits per heavy atom. The summed E-state index contributed by atoms with van der Waals surface area (Å²) in [4.78, 5) is 25.3. The largest absolute Gasteiger partial charge is 0.545 e. The van der Waals surface area contributed by atoms with E-state index in [1.807, 2.05) is 24.3 Å². The predicted octanol–water partition coefficient (Wildman–Crippen LogP) is 2.33. The minimum atomic E-state index is -1.23. The average Bonchev–Trinajstić information content (AvgIpc) is 3.18. The van der Waals surface area contributed by atoms with Gasteiger partial charge in [0, 0.05) is 24.3 Å². The van der Waals surface area contributed by atoms with Crippen molar-refractivity contribution in [2.75, 3.05) is 4.90 Å². The van der Waals surface area contributed by atoms with E-state index in [4.69, 9.17) is 0 Å². The Bertz CT molecular complexity index is 1050. The van der Waals surface area contributed by atoms with Gasteiger partial charge in [-0.1, -0.05) is 48.5 Å². The summed E-state index contributed by atoms with van der Waals surface area (Å²) in [6.07, 6.45) is 1.45. The van der Waals surface area contributed by atoms with Crippen LogP contribution in [0.5, 0.6) is 0 Å². The van der Waals surface area contributed by atoms with E-state index in [1.165, 1.54) is 29.5 Å². The number of nitrogens with one attached hydrogen (secondary N) is 1. The number of carboxylic acids is 1. The van der Waals surface area contributed by atoms with Gasteiger partial charge < -0.3 is 14.8 Å². The number of hydrogen-bond acceptors (Lipinski definition) is 5. The number of carbonyl (C=O) groups excluding carboxylic acids is 2. The van der Waals surface area contributed by atoms with Gasteiger partial charge in [-0.05, 0) is 46.5 Å². The molecule has 0 saturated heterocycles. The highest BCUT2D eigenvalue weighted by Crippen LogP contribution is 2.28. The third-order valence-electron chi connectivity index (χ3n) is 4.86. The van der Waals surface area contributed by atoms with Crippen molar-refractivity contribution in [2.24, 2.45) is 5.10 Å². The zero-order valence-electron chi connectivity index (χ0n) is 15.5. The molecule has 0 radical (unpaired) electrons. The first-order valence-electron chi connectivity index (χ1n) is 9.17. The van der Waals surface area contributed by atoms with Crippen LogP contribution in [0.4, 0.5) is 5.69 Å². The van der Waals surface area contributed by atoms with E-state index in [0.717, 1.165) is 18.8 Å². The molecule has 6 heteroatoms. The van der Waals surface area contributed by atoms with Crippen LogP contribution in [0.25, 0.3) is 0 Å². The maximum Gasteiger partial charge on any atom is 0.271 e. The Balaban J connectivity index is 1.35. The normalized spacial score (nSPS) is 12.8. The fourth-order valence-electron chi connectivity index (χ4n) is 3.27. The third kappa shape index (κ3) is 4.16. The summed E-state index contributed by atoms with van der Waals surface area (Å²) >= 11 is 0. The molecule has 3 aromatic rings. The van der Waals surface area contributed by atoms with E-state index in [2.05, 4.69) is 27.6 Å². The summed E-state index contributed by atoms with van der Waals surface area (Å²) in [6, 6.07) is 21.8. The predicted molar refractivity (Wildman–Crippen MR) is 109 cm³/mol. The fraction of sp³-hybridized carbons (Fsp3) is 0.0870. The number of hydrogen-bond donors (Lipinski definition) is 1. The number of fused-ring (bicyclic) bond motifs is 1. The Morgan fingerprint density at radius 3 is 2.03 bits per heavy atom. The molecule has 1 N–H and O–H groups in total. The van der Waals surface area contributed by atoms with Gasteiger partial charge in [0.2, 0.25) is 0 Å². The Morgan fingerprint density at radius 2 is 1.45 bits per heavy atom. The van der Waals surface area contributed by atoms with Crippen LogP contribution in [-0.2, 0) is 13.1 Å². The van der Waals surface area contributed by atoms with Gasteiger partial charge in [0.15, 0.2) is 0 Å². The van der Waals surface area contributed by atoms with Gasteiger partial charge in [0.1, 0.15) is 0 Å². The fourth-order valence-corrected chi connectivity index (χ4v) is 3.27. The molecule has 4 rings (SSSR count). The molecule has 144 valence electrons. The molecule has 1 amide bonds. The number of anilines is 1. The first kappa shape index (κ1) is 18.4. The van der Waals surface area contributed by atoms with Crippen molar-refractivity contribution in [3.63, 3.8) is 0 Å². The molecule has 0 aromatic heterocycles. The quantitative estimate of drug-likeness (QED) is 0.540. The lowest BCUT2D eigenvalue weighted by molar-refractivity contribution is -0.255. The van der Waals surface area contributed by atoms with E-state index < -0.39 is 5.97 Å². The molecular formula is C23H18N3O3-. The summed E-state index contributed by atoms with van der Waals surface area (Å²) in [5, 5.41) is 14.7. The molecule has 3 aromatic carbocycles. The van der Waals surface area contributed by atoms with Gasteiger partial charge in [0.05, 0.1) is 12.2 Å². The van der Waals surface area contributed by atoms with Crippen molar-refractivity contribution in [1.29, 1.82) is 0 Å². The molecule has 1 aliphatic heterocycles. The number of benzene rings is 3. The number of carbonyl (C=O) groups is 2. The van der Waals surface area contributed by atoms with E-state index in [0.29, 0.717) is 11.1 Å². The molecule has 29 heavy (non-hydrogen) atoms. The number of hydrazone groups is 1. The lowest BCUT2D eigenvalue weighted by atomic mass is 10.1. The van der Waals surface area contributed by atoms with Crippen molar-refractivity contribution in [3.8, 4) is 0 Å². The van der Waals surface area contributed by atoms with Gasteiger partial charge >= 0.3 is 0 Å². The second-order valence-electron chi connectivity index (χ2n) is 6.78. The zero-order chi connectivity index (χ0) is 20.2. The molecule has 0 bridgehead atoms. The first-order chi connectivity index (χ1) is 14.1. The van der Waals surface area contributed by atoms with Gasteiger partial charge in [-0.2, -0.15) is 5.10 Å². The van der Waals surface area contributed by atoms with Crippen molar-refractivity contribution in [3.05, 3.63) is 101 Å². The van der Waals surface area contributed by atoms with Crippen LogP contribution >= 0.6 is 0 Å². The van der Waals surface area contributed by atoms with Crippen LogP contribution in [0, 0.1) is 0 Å². The van der Waals surface area contributed by atoms with Crippen molar-refractivity contribution < 1.29 is 14.7 Å². The topological polar surface area (TPSA) is 84.8 Å². The van der Waals surface area contributed by atoms with Gasteiger partial charge in [-0.3, -0.25) is 4.79 Å². The standard InChI is InChI=1S/C23H19N3O3/c27-22(25-24-13-16-5-7-18(8-6-16)23(28)29)17-9-11-21(12-10-17)26-14-19-3-1-2-4-20(19)15-26/h1-13H,14-15H2,(H,25,27)(H,28,29)/p-1/b24-13+. The molecular weight excluding hydrogens is 366 g/mol. The van der Waals surface area contributed by atoms with Gasteiger partial charge in [-0.25, -0.2) is 5.43 Å². The minimum absolute atomic E-state index is 0.0902. The highest BCUT2D eigenvalue weighted by Gasteiger charge is 2.18. The van der Waals surface area contributed by atoms with Crippen molar-refractivity contribution >= 4 is 23.8 Å². The summed E-state index contributed by atoms with van der Waals surface area (Å²) < 4.78 is 0. The summed E-state index contributed by atoms with van der Waals surface area (Å²) in [5.74, 6) is -1.55. The van der Waals surface area contributed by atoms with Crippen LogP contribution in [-0.4, -0.2) is 18.1 Å². The van der Waals surface area contributed by atoms with Crippen molar-refractivity contribution in [2.45, 2.75) is 13.1 Å². The lowest BCUT2D eigenvalue weighted by Gasteiger charge is -2.17. The van der Waals surface area contributed by atoms with Gasteiger partial charge in [0.25, 0.3) is 5.91 Å². The van der Waals surface area contributed by atoms with E-state index in [1.54, 1.807) is 24.3 Å². The summed E-state index contributed by atoms with van der Waals surface area (Å²) in [7, 11) is 0.